The predicted molar refractivity (Wildman–Crippen MR) is 107 cm³/mol. The summed E-state index contributed by atoms with van der Waals surface area (Å²) < 4.78 is 33.3. The van der Waals surface area contributed by atoms with E-state index in [1.807, 2.05) is 12.1 Å². The normalized spacial score (nSPS) is 16.1. The number of esters is 1. The minimum absolute atomic E-state index is 0. The molecule has 1 unspecified atom stereocenters. The lowest BCUT2D eigenvalue weighted by Crippen LogP contribution is -2.31. The van der Waals surface area contributed by atoms with Crippen LogP contribution in [0.15, 0.2) is 41.3 Å². The number of carbonyl (C=O) groups excluding carboxylic acids is 1. The van der Waals surface area contributed by atoms with Crippen LogP contribution in [0.3, 0.4) is 0 Å². The van der Waals surface area contributed by atoms with Crippen LogP contribution in [0.1, 0.15) is 45.9 Å². The maximum absolute atomic E-state index is 12.9. The van der Waals surface area contributed by atoms with Gasteiger partial charge in [-0.2, -0.15) is 0 Å². The second-order valence-electron chi connectivity index (χ2n) is 6.50. The second-order valence-corrected chi connectivity index (χ2v) is 8.18. The highest BCUT2D eigenvalue weighted by molar-refractivity contribution is 7.89. The summed E-state index contributed by atoms with van der Waals surface area (Å²) in [5.74, 6) is -0.496. The number of hydrogen-bond donors (Lipinski definition) is 2. The Morgan fingerprint density at radius 3 is 2.63 bits per heavy atom. The summed E-state index contributed by atoms with van der Waals surface area (Å²) in [5, 5.41) is 0. The number of halogens is 1. The van der Waals surface area contributed by atoms with Crippen molar-refractivity contribution in [1.29, 1.82) is 0 Å². The summed E-state index contributed by atoms with van der Waals surface area (Å²) >= 11 is 0. The van der Waals surface area contributed by atoms with Crippen LogP contribution >= 0.6 is 12.4 Å². The summed E-state index contributed by atoms with van der Waals surface area (Å²) in [4.78, 5) is 11.8. The van der Waals surface area contributed by atoms with Gasteiger partial charge in [0.1, 0.15) is 0 Å². The third kappa shape index (κ3) is 4.43. The van der Waals surface area contributed by atoms with Crippen LogP contribution in [-0.4, -0.2) is 21.5 Å². The van der Waals surface area contributed by atoms with Crippen molar-refractivity contribution in [3.63, 3.8) is 0 Å². The van der Waals surface area contributed by atoms with Gasteiger partial charge in [0.25, 0.3) is 0 Å². The Morgan fingerprint density at radius 1 is 1.22 bits per heavy atom. The smallest absolute Gasteiger partial charge is 0.337 e. The highest BCUT2D eigenvalue weighted by atomic mass is 35.5. The van der Waals surface area contributed by atoms with Crippen LogP contribution in [0.5, 0.6) is 0 Å². The third-order valence-corrected chi connectivity index (χ3v) is 6.30. The Balaban J connectivity index is 0.00000261. The highest BCUT2D eigenvalue weighted by Crippen LogP contribution is 2.32. The Kier molecular flexibility index (Phi) is 6.51. The van der Waals surface area contributed by atoms with Crippen molar-refractivity contribution in [2.24, 2.45) is 0 Å². The van der Waals surface area contributed by atoms with E-state index < -0.39 is 16.0 Å². The number of sulfonamides is 1. The van der Waals surface area contributed by atoms with Crippen LogP contribution < -0.4 is 10.5 Å². The Labute approximate surface area is 165 Å². The number of aryl methyl sites for hydroxylation is 2. The molecule has 0 aliphatic heterocycles. The molecule has 0 saturated carbocycles. The fraction of sp³-hybridized carbons (Fsp3) is 0.316. The molecule has 2 aromatic rings. The first-order chi connectivity index (χ1) is 12.3. The number of hydrogen-bond acceptors (Lipinski definition) is 5. The third-order valence-electron chi connectivity index (χ3n) is 4.66. The summed E-state index contributed by atoms with van der Waals surface area (Å²) in [6, 6.07) is 9.73. The van der Waals surface area contributed by atoms with Crippen molar-refractivity contribution in [2.45, 2.75) is 37.1 Å². The van der Waals surface area contributed by atoms with Gasteiger partial charge < -0.3 is 10.5 Å². The van der Waals surface area contributed by atoms with E-state index in [0.717, 1.165) is 30.4 Å². The molecule has 6 nitrogen and oxygen atoms in total. The molecule has 0 radical (unpaired) electrons. The van der Waals surface area contributed by atoms with E-state index in [1.54, 1.807) is 13.0 Å². The number of methoxy groups -OCH3 is 1. The largest absolute Gasteiger partial charge is 0.465 e. The lowest BCUT2D eigenvalue weighted by atomic mass is 9.88. The van der Waals surface area contributed by atoms with E-state index in [2.05, 4.69) is 9.46 Å². The quantitative estimate of drug-likeness (QED) is 0.596. The van der Waals surface area contributed by atoms with Gasteiger partial charge in [0.05, 0.1) is 17.6 Å². The standard InChI is InChI=1S/C19H22N2O4S.ClH/c1-12-10-14(19(22)25-2)6-9-18(12)26(23,24)21-17-5-3-4-13-11-15(20)7-8-16(13)17;/h6-11,17,21H,3-5,20H2,1-2H3;1H. The average Bonchev–Trinajstić information content (AvgIpc) is 2.60. The molecular formula is C19H23ClN2O4S. The first-order valence-corrected chi connectivity index (χ1v) is 9.90. The van der Waals surface area contributed by atoms with Gasteiger partial charge in [0.15, 0.2) is 0 Å². The van der Waals surface area contributed by atoms with Gasteiger partial charge in [-0.15, -0.1) is 12.4 Å². The molecule has 146 valence electrons. The van der Waals surface area contributed by atoms with Crippen LogP contribution in [0.4, 0.5) is 5.69 Å². The molecule has 0 bridgehead atoms. The van der Waals surface area contributed by atoms with E-state index >= 15 is 0 Å². The second kappa shape index (κ2) is 8.29. The first kappa shape index (κ1) is 21.2. The van der Waals surface area contributed by atoms with Crippen LogP contribution in [0, 0.1) is 6.92 Å². The Morgan fingerprint density at radius 2 is 1.96 bits per heavy atom. The first-order valence-electron chi connectivity index (χ1n) is 8.41. The fourth-order valence-electron chi connectivity index (χ4n) is 3.40. The zero-order valence-electron chi connectivity index (χ0n) is 15.2. The molecule has 1 atom stereocenters. The molecule has 0 aromatic heterocycles. The lowest BCUT2D eigenvalue weighted by Gasteiger charge is -2.26. The Hall–Kier alpha value is -2.09. The van der Waals surface area contributed by atoms with Gasteiger partial charge in [-0.3, -0.25) is 0 Å². The number of ether oxygens (including phenoxy) is 1. The minimum atomic E-state index is -3.73. The SMILES string of the molecule is COC(=O)c1ccc(S(=O)(=O)NC2CCCc3cc(N)ccc32)c(C)c1.Cl. The van der Waals surface area contributed by atoms with Crippen LogP contribution in [0.2, 0.25) is 0 Å². The van der Waals surface area contributed by atoms with Gasteiger partial charge in [-0.05, 0) is 73.2 Å². The number of carbonyl (C=O) groups is 1. The molecule has 0 fully saturated rings. The molecule has 0 saturated heterocycles. The predicted octanol–water partition coefficient (Wildman–Crippen LogP) is 3.14. The maximum atomic E-state index is 12.9. The average molecular weight is 411 g/mol. The summed E-state index contributed by atoms with van der Waals surface area (Å²) in [6.45, 7) is 1.66. The fourth-order valence-corrected chi connectivity index (χ4v) is 4.88. The topological polar surface area (TPSA) is 98.5 Å². The molecule has 0 amide bonds. The summed E-state index contributed by atoms with van der Waals surface area (Å²) in [5.41, 5.74) is 9.39. The van der Waals surface area contributed by atoms with Gasteiger partial charge in [0, 0.05) is 11.7 Å². The van der Waals surface area contributed by atoms with E-state index in [-0.39, 0.29) is 23.3 Å². The zero-order chi connectivity index (χ0) is 18.9. The molecule has 1 aliphatic carbocycles. The Bertz CT molecular complexity index is 960. The number of fused-ring (bicyclic) bond motifs is 1. The molecule has 3 rings (SSSR count). The van der Waals surface area contributed by atoms with Crippen LogP contribution in [0.25, 0.3) is 0 Å². The molecule has 27 heavy (non-hydrogen) atoms. The van der Waals surface area contributed by atoms with Crippen molar-refractivity contribution < 1.29 is 17.9 Å². The number of nitrogens with two attached hydrogens (primary N) is 1. The minimum Gasteiger partial charge on any atom is -0.465 e. The van der Waals surface area contributed by atoms with E-state index in [9.17, 15) is 13.2 Å². The van der Waals surface area contributed by atoms with Crippen molar-refractivity contribution in [1.82, 2.24) is 4.72 Å². The monoisotopic (exact) mass is 410 g/mol. The number of benzene rings is 2. The highest BCUT2D eigenvalue weighted by Gasteiger charge is 2.27. The molecule has 3 N–H and O–H groups in total. The number of anilines is 1. The zero-order valence-corrected chi connectivity index (χ0v) is 16.8. The molecular weight excluding hydrogens is 388 g/mol. The molecule has 0 heterocycles. The molecule has 1 aliphatic rings. The van der Waals surface area contributed by atoms with E-state index in [4.69, 9.17) is 5.73 Å². The van der Waals surface area contributed by atoms with Crippen molar-refractivity contribution >= 4 is 34.1 Å². The lowest BCUT2D eigenvalue weighted by molar-refractivity contribution is 0.0600. The van der Waals surface area contributed by atoms with Gasteiger partial charge in [0.2, 0.25) is 10.0 Å². The number of nitrogen functional groups attached to an aromatic ring is 1. The van der Waals surface area contributed by atoms with Gasteiger partial charge in [-0.25, -0.2) is 17.9 Å². The summed E-state index contributed by atoms with van der Waals surface area (Å²) in [7, 11) is -2.44. The molecule has 8 heteroatoms. The van der Waals surface area contributed by atoms with E-state index in [0.29, 0.717) is 16.8 Å². The van der Waals surface area contributed by atoms with Crippen LogP contribution in [-0.2, 0) is 21.2 Å². The van der Waals surface area contributed by atoms with Gasteiger partial charge in [-0.1, -0.05) is 6.07 Å². The molecule has 2 aromatic carbocycles. The summed E-state index contributed by atoms with van der Waals surface area (Å²) in [6.07, 6.45) is 2.52. The maximum Gasteiger partial charge on any atom is 0.337 e. The molecule has 0 spiro atoms. The van der Waals surface area contributed by atoms with Crippen molar-refractivity contribution in [3.8, 4) is 0 Å². The van der Waals surface area contributed by atoms with E-state index in [1.165, 1.54) is 25.3 Å². The number of rotatable bonds is 4. The van der Waals surface area contributed by atoms with Gasteiger partial charge >= 0.3 is 5.97 Å². The number of nitrogens with one attached hydrogen (secondary N) is 1. The van der Waals surface area contributed by atoms with Crippen molar-refractivity contribution in [2.75, 3.05) is 12.8 Å². The van der Waals surface area contributed by atoms with Crippen molar-refractivity contribution in [3.05, 3.63) is 58.7 Å².